The van der Waals surface area contributed by atoms with Gasteiger partial charge in [-0.1, -0.05) is 0 Å². The maximum atomic E-state index is 12.7. The number of methoxy groups -OCH3 is 2. The minimum absolute atomic E-state index is 0.0765. The third kappa shape index (κ3) is 3.36. The summed E-state index contributed by atoms with van der Waals surface area (Å²) in [6.07, 6.45) is 5.42. The second-order valence-electron chi connectivity index (χ2n) is 4.55. The number of ether oxygens (including phenoxy) is 3. The van der Waals surface area contributed by atoms with Gasteiger partial charge in [-0.2, -0.15) is 0 Å². The number of alkyl halides is 1. The Morgan fingerprint density at radius 3 is 2.58 bits per heavy atom. The normalized spacial score (nSPS) is 26.2. The highest BCUT2D eigenvalue weighted by molar-refractivity contribution is 5.92. The summed E-state index contributed by atoms with van der Waals surface area (Å²) in [5.41, 5.74) is 0.398. The summed E-state index contributed by atoms with van der Waals surface area (Å²) in [7, 11) is 2.86. The minimum Gasteiger partial charge on any atom is -0.501 e. The Kier molecular flexibility index (Phi) is 4.24. The average Bonchev–Trinajstić information content (AvgIpc) is 2.58. The van der Waals surface area contributed by atoms with Gasteiger partial charge in [0.25, 0.3) is 0 Å². The highest BCUT2D eigenvalue weighted by Gasteiger charge is 2.31. The number of hydrogen-bond donors (Lipinski definition) is 0. The lowest BCUT2D eigenvalue weighted by atomic mass is 9.93. The van der Waals surface area contributed by atoms with Gasteiger partial charge in [0.1, 0.15) is 23.8 Å². The first-order valence-electron chi connectivity index (χ1n) is 6.17. The predicted molar refractivity (Wildman–Crippen MR) is 66.9 cm³/mol. The van der Waals surface area contributed by atoms with Crippen molar-refractivity contribution in [3.63, 3.8) is 0 Å². The summed E-state index contributed by atoms with van der Waals surface area (Å²) in [4.78, 5) is 11.5. The van der Waals surface area contributed by atoms with Crippen LogP contribution in [0.3, 0.4) is 0 Å². The standard InChI is InChI=1S/C14H17FO4/c1-17-12-5-9(14(16)18-2)3-4-11(8-12)19-13-6-10(15)7-13/h3-5,10,13H,6-8H2,1-2H3. The van der Waals surface area contributed by atoms with Crippen molar-refractivity contribution >= 4 is 5.97 Å². The van der Waals surface area contributed by atoms with Crippen LogP contribution in [-0.4, -0.2) is 32.5 Å². The van der Waals surface area contributed by atoms with Gasteiger partial charge in [0.15, 0.2) is 0 Å². The molecular formula is C14H17FO4. The molecule has 0 atom stereocenters. The Bertz CT molecular complexity index is 444. The molecule has 4 nitrogen and oxygen atoms in total. The molecule has 2 aliphatic carbocycles. The van der Waals surface area contributed by atoms with Crippen LogP contribution in [0.1, 0.15) is 19.3 Å². The number of hydrogen-bond acceptors (Lipinski definition) is 4. The van der Waals surface area contributed by atoms with E-state index in [2.05, 4.69) is 4.74 Å². The molecule has 0 aromatic heterocycles. The summed E-state index contributed by atoms with van der Waals surface area (Å²) < 4.78 is 28.3. The van der Waals surface area contributed by atoms with Gasteiger partial charge < -0.3 is 14.2 Å². The Balaban J connectivity index is 2.08. The van der Waals surface area contributed by atoms with E-state index in [1.54, 1.807) is 18.2 Å². The highest BCUT2D eigenvalue weighted by Crippen LogP contribution is 2.30. The molecule has 0 aromatic rings. The molecule has 0 amide bonds. The lowest BCUT2D eigenvalue weighted by Crippen LogP contribution is -2.32. The van der Waals surface area contributed by atoms with E-state index in [1.807, 2.05) is 0 Å². The fraction of sp³-hybridized carbons (Fsp3) is 0.500. The van der Waals surface area contributed by atoms with Crippen LogP contribution >= 0.6 is 0 Å². The van der Waals surface area contributed by atoms with Crippen molar-refractivity contribution in [2.75, 3.05) is 14.2 Å². The van der Waals surface area contributed by atoms with Crippen LogP contribution in [0, 0.1) is 0 Å². The Morgan fingerprint density at radius 1 is 1.26 bits per heavy atom. The number of carbonyl (C=O) groups excluding carboxylic acids is 1. The van der Waals surface area contributed by atoms with E-state index in [-0.39, 0.29) is 6.10 Å². The van der Waals surface area contributed by atoms with Crippen LogP contribution in [0.25, 0.3) is 0 Å². The smallest absolute Gasteiger partial charge is 0.337 e. The van der Waals surface area contributed by atoms with E-state index in [0.717, 1.165) is 0 Å². The van der Waals surface area contributed by atoms with Crippen LogP contribution in [0.4, 0.5) is 4.39 Å². The topological polar surface area (TPSA) is 44.8 Å². The fourth-order valence-electron chi connectivity index (χ4n) is 1.95. The van der Waals surface area contributed by atoms with Gasteiger partial charge in [0, 0.05) is 12.8 Å². The molecular weight excluding hydrogens is 251 g/mol. The predicted octanol–water partition coefficient (Wildman–Crippen LogP) is 2.42. The fourth-order valence-corrected chi connectivity index (χ4v) is 1.95. The van der Waals surface area contributed by atoms with Crippen molar-refractivity contribution in [3.05, 3.63) is 35.3 Å². The summed E-state index contributed by atoms with van der Waals surface area (Å²) in [5, 5.41) is 0. The monoisotopic (exact) mass is 268 g/mol. The summed E-state index contributed by atoms with van der Waals surface area (Å²) in [6.45, 7) is 0. The molecule has 0 radical (unpaired) electrons. The number of carbonyl (C=O) groups is 1. The van der Waals surface area contributed by atoms with Gasteiger partial charge in [-0.25, -0.2) is 9.18 Å². The molecule has 1 fully saturated rings. The quantitative estimate of drug-likeness (QED) is 0.734. The van der Waals surface area contributed by atoms with Crippen LogP contribution in [-0.2, 0) is 19.0 Å². The van der Waals surface area contributed by atoms with Crippen molar-refractivity contribution in [1.82, 2.24) is 0 Å². The molecule has 0 aromatic carbocycles. The molecule has 0 spiro atoms. The lowest BCUT2D eigenvalue weighted by Gasteiger charge is -2.31. The molecule has 1 saturated carbocycles. The van der Waals surface area contributed by atoms with E-state index in [1.165, 1.54) is 14.2 Å². The van der Waals surface area contributed by atoms with Gasteiger partial charge in [-0.3, -0.25) is 0 Å². The molecule has 0 heterocycles. The summed E-state index contributed by atoms with van der Waals surface area (Å²) in [5.74, 6) is 0.847. The van der Waals surface area contributed by atoms with Crippen LogP contribution in [0.5, 0.6) is 0 Å². The first-order valence-corrected chi connectivity index (χ1v) is 6.17. The van der Waals surface area contributed by atoms with E-state index in [0.29, 0.717) is 36.4 Å². The number of esters is 1. The zero-order valence-electron chi connectivity index (χ0n) is 11.0. The average molecular weight is 268 g/mol. The van der Waals surface area contributed by atoms with E-state index >= 15 is 0 Å². The molecule has 5 heteroatoms. The van der Waals surface area contributed by atoms with E-state index < -0.39 is 12.1 Å². The van der Waals surface area contributed by atoms with Gasteiger partial charge in [0.2, 0.25) is 0 Å². The first-order chi connectivity index (χ1) is 9.12. The minimum atomic E-state index is -0.755. The number of rotatable bonds is 4. The second kappa shape index (κ2) is 5.91. The zero-order valence-corrected chi connectivity index (χ0v) is 11.0. The SMILES string of the molecule is COC(=O)C1=CC=C(OC2CC(F)C2)CC(OC)=C1. The van der Waals surface area contributed by atoms with Gasteiger partial charge in [-0.15, -0.1) is 0 Å². The summed E-state index contributed by atoms with van der Waals surface area (Å²) in [6, 6.07) is 0. The van der Waals surface area contributed by atoms with Crippen molar-refractivity contribution in [1.29, 1.82) is 0 Å². The maximum Gasteiger partial charge on any atom is 0.337 e. The van der Waals surface area contributed by atoms with Crippen LogP contribution in [0.15, 0.2) is 35.3 Å². The number of halogens is 1. The Labute approximate surface area is 111 Å². The number of allylic oxidation sites excluding steroid dienone is 2. The molecule has 104 valence electrons. The van der Waals surface area contributed by atoms with Crippen molar-refractivity contribution in [2.45, 2.75) is 31.5 Å². The van der Waals surface area contributed by atoms with Crippen molar-refractivity contribution in [2.24, 2.45) is 0 Å². The van der Waals surface area contributed by atoms with E-state index in [9.17, 15) is 9.18 Å². The summed E-state index contributed by atoms with van der Waals surface area (Å²) >= 11 is 0. The molecule has 2 rings (SSSR count). The van der Waals surface area contributed by atoms with Crippen LogP contribution < -0.4 is 0 Å². The molecule has 0 unspecified atom stereocenters. The Hall–Kier alpha value is -1.78. The lowest BCUT2D eigenvalue weighted by molar-refractivity contribution is -0.135. The first kappa shape index (κ1) is 13.6. The van der Waals surface area contributed by atoms with Crippen LogP contribution in [0.2, 0.25) is 0 Å². The third-order valence-electron chi connectivity index (χ3n) is 3.15. The zero-order chi connectivity index (χ0) is 13.8. The Morgan fingerprint density at radius 2 is 2.00 bits per heavy atom. The third-order valence-corrected chi connectivity index (χ3v) is 3.15. The highest BCUT2D eigenvalue weighted by atomic mass is 19.1. The molecule has 19 heavy (non-hydrogen) atoms. The van der Waals surface area contributed by atoms with Gasteiger partial charge in [0.05, 0.1) is 26.2 Å². The maximum absolute atomic E-state index is 12.7. The second-order valence-corrected chi connectivity index (χ2v) is 4.55. The molecule has 2 aliphatic rings. The van der Waals surface area contributed by atoms with Gasteiger partial charge in [-0.05, 0) is 18.2 Å². The molecule has 0 aliphatic heterocycles. The molecule has 0 bridgehead atoms. The van der Waals surface area contributed by atoms with Gasteiger partial charge >= 0.3 is 5.97 Å². The molecule has 0 saturated heterocycles. The largest absolute Gasteiger partial charge is 0.501 e. The van der Waals surface area contributed by atoms with E-state index in [4.69, 9.17) is 9.47 Å². The van der Waals surface area contributed by atoms with Crippen molar-refractivity contribution in [3.8, 4) is 0 Å². The molecule has 0 N–H and O–H groups in total. The van der Waals surface area contributed by atoms with Crippen molar-refractivity contribution < 1.29 is 23.4 Å².